The largest absolute Gasteiger partial charge is 0.396 e. The van der Waals surface area contributed by atoms with Gasteiger partial charge in [-0.2, -0.15) is 0 Å². The number of aryl methyl sites for hydroxylation is 2. The van der Waals surface area contributed by atoms with Crippen molar-refractivity contribution >= 4 is 0 Å². The first-order valence-corrected chi connectivity index (χ1v) is 10.3. The molecule has 2 fully saturated rings. The predicted octanol–water partition coefficient (Wildman–Crippen LogP) is 5.84. The highest BCUT2D eigenvalue weighted by molar-refractivity contribution is 5.28. The van der Waals surface area contributed by atoms with Gasteiger partial charge in [0.15, 0.2) is 0 Å². The number of aliphatic hydroxyl groups is 1. The van der Waals surface area contributed by atoms with Crippen LogP contribution in [-0.4, -0.2) is 11.7 Å². The fourth-order valence-corrected chi connectivity index (χ4v) is 5.31. The van der Waals surface area contributed by atoms with E-state index < -0.39 is 0 Å². The van der Waals surface area contributed by atoms with Gasteiger partial charge in [-0.25, -0.2) is 0 Å². The average molecular weight is 329 g/mol. The van der Waals surface area contributed by atoms with Crippen molar-refractivity contribution in [2.75, 3.05) is 6.61 Å². The minimum atomic E-state index is 0.413. The van der Waals surface area contributed by atoms with Gasteiger partial charge in [0, 0.05) is 6.61 Å². The first-order valence-electron chi connectivity index (χ1n) is 10.3. The molecule has 2 aliphatic carbocycles. The summed E-state index contributed by atoms with van der Waals surface area (Å²) in [6.07, 6.45) is 13.8. The number of rotatable bonds is 5. The van der Waals surface area contributed by atoms with E-state index in [2.05, 4.69) is 32.0 Å². The van der Waals surface area contributed by atoms with Crippen molar-refractivity contribution in [3.63, 3.8) is 0 Å². The van der Waals surface area contributed by atoms with Crippen molar-refractivity contribution in [3.05, 3.63) is 34.9 Å². The predicted molar refractivity (Wildman–Crippen MR) is 102 cm³/mol. The molecule has 0 aromatic heterocycles. The highest BCUT2D eigenvalue weighted by atomic mass is 16.3. The summed E-state index contributed by atoms with van der Waals surface area (Å²) in [5, 5.41) is 9.28. The Hall–Kier alpha value is -0.820. The Morgan fingerprint density at radius 1 is 0.708 bits per heavy atom. The van der Waals surface area contributed by atoms with Crippen LogP contribution in [0.15, 0.2) is 18.2 Å². The summed E-state index contributed by atoms with van der Waals surface area (Å²) in [4.78, 5) is 0. The maximum atomic E-state index is 9.28. The second-order valence-corrected chi connectivity index (χ2v) is 8.89. The topological polar surface area (TPSA) is 20.2 Å². The molecule has 0 amide bonds. The number of hydrogen-bond acceptors (Lipinski definition) is 1. The third-order valence-corrected chi connectivity index (χ3v) is 6.66. The van der Waals surface area contributed by atoms with E-state index in [0.717, 1.165) is 17.8 Å². The van der Waals surface area contributed by atoms with Gasteiger partial charge in [0.1, 0.15) is 0 Å². The van der Waals surface area contributed by atoms with E-state index >= 15 is 0 Å². The number of benzene rings is 1. The van der Waals surface area contributed by atoms with Crippen molar-refractivity contribution in [1.29, 1.82) is 0 Å². The summed E-state index contributed by atoms with van der Waals surface area (Å²) in [5.74, 6) is 3.45. The van der Waals surface area contributed by atoms with Crippen LogP contribution >= 0.6 is 0 Å². The maximum absolute atomic E-state index is 9.28. The standard InChI is InChI=1S/C23H36O/c1-17-11-18(2)13-23(12-17)15-21-5-3-19(4-6-21)14-20-7-9-22(16-24)10-8-20/h11-13,19-22,24H,3-10,14-16H2,1-2H3. The smallest absolute Gasteiger partial charge is 0.0459 e. The van der Waals surface area contributed by atoms with Crippen LogP contribution in [0.1, 0.15) is 74.5 Å². The highest BCUT2D eigenvalue weighted by Gasteiger charge is 2.26. The molecule has 0 saturated heterocycles. The van der Waals surface area contributed by atoms with Crippen molar-refractivity contribution in [2.45, 2.75) is 78.1 Å². The van der Waals surface area contributed by atoms with Gasteiger partial charge in [0.25, 0.3) is 0 Å². The molecule has 0 spiro atoms. The van der Waals surface area contributed by atoms with Gasteiger partial charge in [-0.1, -0.05) is 55.0 Å². The van der Waals surface area contributed by atoms with Crippen molar-refractivity contribution in [2.24, 2.45) is 23.7 Å². The Balaban J connectivity index is 1.41. The van der Waals surface area contributed by atoms with E-state index in [1.807, 2.05) is 0 Å². The van der Waals surface area contributed by atoms with Crippen molar-refractivity contribution in [3.8, 4) is 0 Å². The lowest BCUT2D eigenvalue weighted by atomic mass is 9.72. The summed E-state index contributed by atoms with van der Waals surface area (Å²) in [7, 11) is 0. The minimum Gasteiger partial charge on any atom is -0.396 e. The third kappa shape index (κ3) is 5.09. The quantitative estimate of drug-likeness (QED) is 0.719. The van der Waals surface area contributed by atoms with E-state index in [1.165, 1.54) is 75.3 Å². The zero-order chi connectivity index (χ0) is 16.9. The Morgan fingerprint density at radius 2 is 1.17 bits per heavy atom. The van der Waals surface area contributed by atoms with E-state index in [9.17, 15) is 5.11 Å². The van der Waals surface area contributed by atoms with Crippen LogP contribution < -0.4 is 0 Å². The van der Waals surface area contributed by atoms with Crippen molar-refractivity contribution in [1.82, 2.24) is 0 Å². The van der Waals surface area contributed by atoms with Gasteiger partial charge < -0.3 is 5.11 Å². The molecular formula is C23H36O. The molecular weight excluding hydrogens is 292 g/mol. The molecule has 0 atom stereocenters. The lowest BCUT2D eigenvalue weighted by Crippen LogP contribution is -2.22. The van der Waals surface area contributed by atoms with Gasteiger partial charge in [-0.15, -0.1) is 0 Å². The molecule has 2 aliphatic rings. The molecule has 1 aromatic rings. The molecule has 2 saturated carbocycles. The van der Waals surface area contributed by atoms with Gasteiger partial charge in [-0.05, 0) is 81.6 Å². The second-order valence-electron chi connectivity index (χ2n) is 8.89. The summed E-state index contributed by atoms with van der Waals surface area (Å²) in [6, 6.07) is 7.06. The fourth-order valence-electron chi connectivity index (χ4n) is 5.31. The SMILES string of the molecule is Cc1cc(C)cc(CC2CCC(CC3CCC(CO)CC3)CC2)c1. The molecule has 0 heterocycles. The molecule has 0 bridgehead atoms. The van der Waals surface area contributed by atoms with Crippen LogP contribution in [0.25, 0.3) is 0 Å². The van der Waals surface area contributed by atoms with E-state index in [0.29, 0.717) is 12.5 Å². The molecule has 1 aromatic carbocycles. The molecule has 1 heteroatoms. The fraction of sp³-hybridized carbons (Fsp3) is 0.739. The zero-order valence-electron chi connectivity index (χ0n) is 15.8. The van der Waals surface area contributed by atoms with Crippen LogP contribution in [0.3, 0.4) is 0 Å². The normalized spacial score (nSPS) is 31.1. The highest BCUT2D eigenvalue weighted by Crippen LogP contribution is 2.39. The first kappa shape index (κ1) is 18.0. The Labute approximate surface area is 148 Å². The zero-order valence-corrected chi connectivity index (χ0v) is 15.8. The average Bonchev–Trinajstić information content (AvgIpc) is 2.56. The van der Waals surface area contributed by atoms with Gasteiger partial charge in [0.2, 0.25) is 0 Å². The van der Waals surface area contributed by atoms with Crippen LogP contribution in [0.2, 0.25) is 0 Å². The monoisotopic (exact) mass is 328 g/mol. The van der Waals surface area contributed by atoms with Crippen LogP contribution in [0.4, 0.5) is 0 Å². The molecule has 3 rings (SSSR count). The second kappa shape index (κ2) is 8.52. The third-order valence-electron chi connectivity index (χ3n) is 6.66. The molecule has 0 radical (unpaired) electrons. The lowest BCUT2D eigenvalue weighted by molar-refractivity contribution is 0.146. The first-order chi connectivity index (χ1) is 11.6. The van der Waals surface area contributed by atoms with E-state index in [1.54, 1.807) is 5.56 Å². The van der Waals surface area contributed by atoms with Gasteiger partial charge in [-0.3, -0.25) is 0 Å². The van der Waals surface area contributed by atoms with Crippen molar-refractivity contribution < 1.29 is 5.11 Å². The molecule has 24 heavy (non-hydrogen) atoms. The van der Waals surface area contributed by atoms with Crippen LogP contribution in [-0.2, 0) is 6.42 Å². The molecule has 0 aliphatic heterocycles. The maximum Gasteiger partial charge on any atom is 0.0459 e. The summed E-state index contributed by atoms with van der Waals surface area (Å²) < 4.78 is 0. The Bertz CT molecular complexity index is 485. The Morgan fingerprint density at radius 3 is 1.67 bits per heavy atom. The van der Waals surface area contributed by atoms with E-state index in [4.69, 9.17) is 0 Å². The molecule has 1 N–H and O–H groups in total. The van der Waals surface area contributed by atoms with Gasteiger partial charge in [0.05, 0.1) is 0 Å². The summed E-state index contributed by atoms with van der Waals surface area (Å²) in [5.41, 5.74) is 4.38. The molecule has 0 unspecified atom stereocenters. The Kier molecular flexibility index (Phi) is 6.38. The molecule has 134 valence electrons. The van der Waals surface area contributed by atoms with Crippen LogP contribution in [0.5, 0.6) is 0 Å². The summed E-state index contributed by atoms with van der Waals surface area (Å²) in [6.45, 7) is 4.86. The van der Waals surface area contributed by atoms with Crippen LogP contribution in [0, 0.1) is 37.5 Å². The lowest BCUT2D eigenvalue weighted by Gasteiger charge is -2.34. The number of hydrogen-bond donors (Lipinski definition) is 1. The number of aliphatic hydroxyl groups excluding tert-OH is 1. The summed E-state index contributed by atoms with van der Waals surface area (Å²) >= 11 is 0. The molecule has 1 nitrogen and oxygen atoms in total. The minimum absolute atomic E-state index is 0.413. The van der Waals surface area contributed by atoms with E-state index in [-0.39, 0.29) is 0 Å². The van der Waals surface area contributed by atoms with Gasteiger partial charge >= 0.3 is 0 Å².